The fourth-order valence-electron chi connectivity index (χ4n) is 1.55. The predicted octanol–water partition coefficient (Wildman–Crippen LogP) is 2.88. The lowest BCUT2D eigenvalue weighted by Crippen LogP contribution is -2.20. The highest BCUT2D eigenvalue weighted by molar-refractivity contribution is 9.10. The summed E-state index contributed by atoms with van der Waals surface area (Å²) in [5.74, 6) is -2.72. The zero-order valence-corrected chi connectivity index (χ0v) is 12.8. The largest absolute Gasteiger partial charge is 0.450 e. The van der Waals surface area contributed by atoms with E-state index in [0.29, 0.717) is 4.67 Å². The van der Waals surface area contributed by atoms with Gasteiger partial charge in [-0.1, -0.05) is 0 Å². The second-order valence-corrected chi connectivity index (χ2v) is 4.93. The minimum Gasteiger partial charge on any atom is -0.450 e. The molecule has 1 N–H and O–H groups in total. The molecule has 0 bridgehead atoms. The molecule has 0 spiro atoms. The molecule has 0 saturated carbocycles. The van der Waals surface area contributed by atoms with Crippen molar-refractivity contribution >= 4 is 39.2 Å². The van der Waals surface area contributed by atoms with E-state index in [1.807, 2.05) is 0 Å². The van der Waals surface area contributed by atoms with Crippen molar-refractivity contribution in [2.24, 2.45) is 0 Å². The standard InChI is InChI=1S/C13H8BrFN2O6/c14-11-4-3-10(23-11)13(19)22-6-12(18)16-7-1-2-8(15)9(5-7)17(20)21/h1-5H,6H2,(H,16,18). The van der Waals surface area contributed by atoms with Crippen LogP contribution in [0.5, 0.6) is 0 Å². The van der Waals surface area contributed by atoms with Crippen molar-refractivity contribution in [3.05, 3.63) is 56.7 Å². The van der Waals surface area contributed by atoms with Crippen LogP contribution >= 0.6 is 15.9 Å². The van der Waals surface area contributed by atoms with Gasteiger partial charge in [-0.05, 0) is 40.2 Å². The van der Waals surface area contributed by atoms with E-state index in [1.165, 1.54) is 12.1 Å². The van der Waals surface area contributed by atoms with Gasteiger partial charge in [-0.25, -0.2) is 4.79 Å². The number of nitrogens with zero attached hydrogens (tertiary/aromatic N) is 1. The summed E-state index contributed by atoms with van der Waals surface area (Å²) >= 11 is 3.01. The summed E-state index contributed by atoms with van der Waals surface area (Å²) in [6.07, 6.45) is 0. The van der Waals surface area contributed by atoms with Gasteiger partial charge in [-0.15, -0.1) is 0 Å². The van der Waals surface area contributed by atoms with Gasteiger partial charge in [0, 0.05) is 11.8 Å². The van der Waals surface area contributed by atoms with Gasteiger partial charge >= 0.3 is 11.7 Å². The monoisotopic (exact) mass is 386 g/mol. The van der Waals surface area contributed by atoms with Gasteiger partial charge < -0.3 is 14.5 Å². The van der Waals surface area contributed by atoms with Crippen LogP contribution in [0.4, 0.5) is 15.8 Å². The Morgan fingerprint density at radius 3 is 2.70 bits per heavy atom. The van der Waals surface area contributed by atoms with Crippen molar-refractivity contribution in [3.8, 4) is 0 Å². The van der Waals surface area contributed by atoms with Crippen LogP contribution in [0.1, 0.15) is 10.6 Å². The Balaban J connectivity index is 1.93. The third-order valence-electron chi connectivity index (χ3n) is 2.54. The fraction of sp³-hybridized carbons (Fsp3) is 0.0769. The molecule has 1 heterocycles. The van der Waals surface area contributed by atoms with Crippen molar-refractivity contribution in [2.45, 2.75) is 0 Å². The maximum absolute atomic E-state index is 13.2. The van der Waals surface area contributed by atoms with Gasteiger partial charge in [0.1, 0.15) is 0 Å². The van der Waals surface area contributed by atoms with E-state index in [1.54, 1.807) is 0 Å². The normalized spacial score (nSPS) is 10.2. The SMILES string of the molecule is O=C(COC(=O)c1ccc(Br)o1)Nc1ccc(F)c([N+](=O)[O-])c1. The maximum Gasteiger partial charge on any atom is 0.374 e. The number of furan rings is 1. The molecule has 0 unspecified atom stereocenters. The quantitative estimate of drug-likeness (QED) is 0.480. The summed E-state index contributed by atoms with van der Waals surface area (Å²) in [6, 6.07) is 5.69. The Kier molecular flexibility index (Phi) is 5.06. The lowest BCUT2D eigenvalue weighted by molar-refractivity contribution is -0.387. The number of benzene rings is 1. The average Bonchev–Trinajstić information content (AvgIpc) is 2.93. The third kappa shape index (κ3) is 4.36. The van der Waals surface area contributed by atoms with Crippen LogP contribution in [-0.2, 0) is 9.53 Å². The molecular formula is C13H8BrFN2O6. The van der Waals surface area contributed by atoms with Gasteiger partial charge in [-0.3, -0.25) is 14.9 Å². The summed E-state index contributed by atoms with van der Waals surface area (Å²) in [5.41, 5.74) is -0.778. The topological polar surface area (TPSA) is 112 Å². The third-order valence-corrected chi connectivity index (χ3v) is 2.96. The maximum atomic E-state index is 13.2. The van der Waals surface area contributed by atoms with E-state index in [0.717, 1.165) is 18.2 Å². The number of nitro groups is 1. The van der Waals surface area contributed by atoms with Crippen LogP contribution in [0.2, 0.25) is 0 Å². The first-order valence-electron chi connectivity index (χ1n) is 6.03. The van der Waals surface area contributed by atoms with Gasteiger partial charge in [0.25, 0.3) is 5.91 Å². The molecule has 0 aliphatic heterocycles. The predicted molar refractivity (Wildman–Crippen MR) is 78.4 cm³/mol. The highest BCUT2D eigenvalue weighted by atomic mass is 79.9. The number of carbonyl (C=O) groups excluding carboxylic acids is 2. The fourth-order valence-corrected chi connectivity index (χ4v) is 1.86. The molecule has 8 nitrogen and oxygen atoms in total. The molecule has 0 saturated heterocycles. The molecule has 0 aliphatic rings. The number of ether oxygens (including phenoxy) is 1. The number of nitrogens with one attached hydrogen (secondary N) is 1. The Bertz CT molecular complexity index is 776. The van der Waals surface area contributed by atoms with Gasteiger partial charge in [-0.2, -0.15) is 4.39 Å². The number of nitro benzene ring substituents is 1. The van der Waals surface area contributed by atoms with Crippen LogP contribution in [0.3, 0.4) is 0 Å². The van der Waals surface area contributed by atoms with Crippen molar-refractivity contribution in [1.29, 1.82) is 0 Å². The van der Waals surface area contributed by atoms with Crippen LogP contribution in [0.15, 0.2) is 39.4 Å². The zero-order valence-electron chi connectivity index (χ0n) is 11.2. The summed E-state index contributed by atoms with van der Waals surface area (Å²) < 4.78 is 23.1. The number of hydrogen-bond donors (Lipinski definition) is 1. The number of carbonyl (C=O) groups is 2. The van der Waals surface area contributed by atoms with E-state index < -0.39 is 34.9 Å². The minimum atomic E-state index is -1.03. The highest BCUT2D eigenvalue weighted by Crippen LogP contribution is 2.21. The molecule has 1 amide bonds. The molecule has 2 aromatic rings. The lowest BCUT2D eigenvalue weighted by Gasteiger charge is -2.06. The average molecular weight is 387 g/mol. The minimum absolute atomic E-state index is 0.0001000. The summed E-state index contributed by atoms with van der Waals surface area (Å²) in [4.78, 5) is 32.9. The van der Waals surface area contributed by atoms with Crippen molar-refractivity contribution in [1.82, 2.24) is 0 Å². The lowest BCUT2D eigenvalue weighted by atomic mass is 10.2. The first-order valence-corrected chi connectivity index (χ1v) is 6.82. The molecule has 0 radical (unpaired) electrons. The Hall–Kier alpha value is -2.75. The highest BCUT2D eigenvalue weighted by Gasteiger charge is 2.17. The summed E-state index contributed by atoms with van der Waals surface area (Å²) in [7, 11) is 0. The number of rotatable bonds is 5. The molecular weight excluding hydrogens is 379 g/mol. The van der Waals surface area contributed by atoms with Crippen molar-refractivity contribution in [2.75, 3.05) is 11.9 Å². The van der Waals surface area contributed by atoms with Crippen LogP contribution < -0.4 is 5.32 Å². The number of anilines is 1. The second-order valence-electron chi connectivity index (χ2n) is 4.15. The van der Waals surface area contributed by atoms with Gasteiger partial charge in [0.2, 0.25) is 11.6 Å². The van der Waals surface area contributed by atoms with Gasteiger partial charge in [0.05, 0.1) is 4.92 Å². The second kappa shape index (κ2) is 7.01. The van der Waals surface area contributed by atoms with Crippen LogP contribution in [0, 0.1) is 15.9 Å². The van der Waals surface area contributed by atoms with Crippen LogP contribution in [-0.4, -0.2) is 23.4 Å². The molecule has 0 atom stereocenters. The molecule has 0 fully saturated rings. The van der Waals surface area contributed by atoms with E-state index in [4.69, 9.17) is 9.15 Å². The van der Waals surface area contributed by atoms with Crippen molar-refractivity contribution in [3.63, 3.8) is 0 Å². The zero-order chi connectivity index (χ0) is 17.0. The Morgan fingerprint density at radius 2 is 2.09 bits per heavy atom. The number of halogens is 2. The number of esters is 1. The first-order chi connectivity index (χ1) is 10.9. The Morgan fingerprint density at radius 1 is 1.35 bits per heavy atom. The van der Waals surface area contributed by atoms with E-state index in [2.05, 4.69) is 21.2 Å². The summed E-state index contributed by atoms with van der Waals surface area (Å²) in [5, 5.41) is 12.9. The summed E-state index contributed by atoms with van der Waals surface area (Å²) in [6.45, 7) is -0.637. The Labute approximate surface area is 136 Å². The first kappa shape index (κ1) is 16.6. The number of amides is 1. The van der Waals surface area contributed by atoms with E-state index in [-0.39, 0.29) is 11.4 Å². The molecule has 1 aromatic carbocycles. The molecule has 23 heavy (non-hydrogen) atoms. The van der Waals surface area contributed by atoms with Crippen LogP contribution in [0.25, 0.3) is 0 Å². The number of hydrogen-bond acceptors (Lipinski definition) is 6. The van der Waals surface area contributed by atoms with Crippen molar-refractivity contribution < 1.29 is 28.1 Å². The van der Waals surface area contributed by atoms with E-state index in [9.17, 15) is 24.1 Å². The van der Waals surface area contributed by atoms with E-state index >= 15 is 0 Å². The smallest absolute Gasteiger partial charge is 0.374 e. The molecule has 10 heteroatoms. The molecule has 120 valence electrons. The molecule has 0 aliphatic carbocycles. The molecule has 2 rings (SSSR count). The molecule has 1 aromatic heterocycles. The van der Waals surface area contributed by atoms with Gasteiger partial charge in [0.15, 0.2) is 11.3 Å².